The smallest absolute Gasteiger partial charge is 0.0681 e. The Morgan fingerprint density at radius 3 is 2.18 bits per heavy atom. The van der Waals surface area contributed by atoms with E-state index < -0.39 is 0 Å². The maximum Gasteiger partial charge on any atom is 0.0681 e. The molecule has 17 heavy (non-hydrogen) atoms. The Morgan fingerprint density at radius 2 is 1.65 bits per heavy atom. The van der Waals surface area contributed by atoms with Crippen molar-refractivity contribution in [1.29, 1.82) is 0 Å². The Balaban J connectivity index is 2.25. The third-order valence-electron chi connectivity index (χ3n) is 2.94. The van der Waals surface area contributed by atoms with Gasteiger partial charge in [0, 0.05) is 6.04 Å². The third kappa shape index (κ3) is 5.85. The van der Waals surface area contributed by atoms with Gasteiger partial charge in [0.15, 0.2) is 0 Å². The fourth-order valence-electron chi connectivity index (χ4n) is 2.06. The first-order chi connectivity index (χ1) is 8.11. The topological polar surface area (TPSA) is 32.3 Å². The Morgan fingerprint density at radius 1 is 1.06 bits per heavy atom. The van der Waals surface area contributed by atoms with Crippen molar-refractivity contribution >= 4 is 0 Å². The van der Waals surface area contributed by atoms with E-state index in [1.165, 1.54) is 12.0 Å². The van der Waals surface area contributed by atoms with Gasteiger partial charge < -0.3 is 10.4 Å². The van der Waals surface area contributed by atoms with Gasteiger partial charge in [0.25, 0.3) is 0 Å². The molecule has 0 aliphatic rings. The third-order valence-corrected chi connectivity index (χ3v) is 2.94. The van der Waals surface area contributed by atoms with Crippen molar-refractivity contribution in [3.63, 3.8) is 0 Å². The van der Waals surface area contributed by atoms with E-state index in [0.717, 1.165) is 24.4 Å². The molecule has 0 aliphatic carbocycles. The highest BCUT2D eigenvalue weighted by Gasteiger charge is 2.03. The second kappa shape index (κ2) is 7.46. The molecule has 96 valence electrons. The van der Waals surface area contributed by atoms with E-state index in [-0.39, 0.29) is 6.61 Å². The summed E-state index contributed by atoms with van der Waals surface area (Å²) in [5.74, 6) is 0.751. The summed E-state index contributed by atoms with van der Waals surface area (Å²) in [5, 5.41) is 12.5. The second-order valence-electron chi connectivity index (χ2n) is 5.21. The van der Waals surface area contributed by atoms with Crippen molar-refractivity contribution < 1.29 is 5.11 Å². The molecule has 1 atom stereocenters. The monoisotopic (exact) mass is 235 g/mol. The molecule has 0 aromatic heterocycles. The molecule has 0 aliphatic heterocycles. The lowest BCUT2D eigenvalue weighted by Gasteiger charge is -2.15. The van der Waals surface area contributed by atoms with Crippen molar-refractivity contribution in [2.75, 3.05) is 6.54 Å². The molecule has 1 aromatic carbocycles. The van der Waals surface area contributed by atoms with Gasteiger partial charge in [0.05, 0.1) is 6.61 Å². The van der Waals surface area contributed by atoms with Crippen LogP contribution in [-0.4, -0.2) is 17.7 Å². The van der Waals surface area contributed by atoms with Gasteiger partial charge in [-0.1, -0.05) is 38.1 Å². The molecule has 0 bridgehead atoms. The Kier molecular flexibility index (Phi) is 6.23. The summed E-state index contributed by atoms with van der Waals surface area (Å²) in [5.41, 5.74) is 2.31. The van der Waals surface area contributed by atoms with Crippen molar-refractivity contribution in [2.45, 2.75) is 46.3 Å². The van der Waals surface area contributed by atoms with E-state index in [4.69, 9.17) is 5.11 Å². The zero-order valence-corrected chi connectivity index (χ0v) is 11.2. The maximum atomic E-state index is 8.95. The van der Waals surface area contributed by atoms with Crippen LogP contribution in [0.1, 0.15) is 38.3 Å². The Bertz CT molecular complexity index is 305. The first-order valence-corrected chi connectivity index (χ1v) is 6.54. The summed E-state index contributed by atoms with van der Waals surface area (Å²) in [6.45, 7) is 7.91. The number of aliphatic hydroxyl groups is 1. The summed E-state index contributed by atoms with van der Waals surface area (Å²) in [7, 11) is 0. The minimum Gasteiger partial charge on any atom is -0.392 e. The predicted molar refractivity (Wildman–Crippen MR) is 73.0 cm³/mol. The van der Waals surface area contributed by atoms with Gasteiger partial charge in [0.1, 0.15) is 0 Å². The van der Waals surface area contributed by atoms with Crippen LogP contribution in [0.25, 0.3) is 0 Å². The summed E-state index contributed by atoms with van der Waals surface area (Å²) in [4.78, 5) is 0. The lowest BCUT2D eigenvalue weighted by molar-refractivity contribution is 0.282. The van der Waals surface area contributed by atoms with Crippen LogP contribution < -0.4 is 5.32 Å². The standard InChI is InChI=1S/C15H25NO/c1-12(2)10-13(3)16-9-8-14-4-6-15(11-17)7-5-14/h4-7,12-13,16-17H,8-11H2,1-3H3. The van der Waals surface area contributed by atoms with Crippen LogP contribution in [0.15, 0.2) is 24.3 Å². The van der Waals surface area contributed by atoms with Gasteiger partial charge >= 0.3 is 0 Å². The van der Waals surface area contributed by atoms with E-state index in [2.05, 4.69) is 38.2 Å². The molecule has 2 N–H and O–H groups in total. The number of hydrogen-bond acceptors (Lipinski definition) is 2. The molecular weight excluding hydrogens is 210 g/mol. The highest BCUT2D eigenvalue weighted by Crippen LogP contribution is 2.06. The highest BCUT2D eigenvalue weighted by molar-refractivity contribution is 5.22. The van der Waals surface area contributed by atoms with Crippen LogP contribution >= 0.6 is 0 Å². The molecular formula is C15H25NO. The summed E-state index contributed by atoms with van der Waals surface area (Å²) >= 11 is 0. The fraction of sp³-hybridized carbons (Fsp3) is 0.600. The van der Waals surface area contributed by atoms with E-state index in [0.29, 0.717) is 6.04 Å². The number of rotatable bonds is 7. The Labute approximate surface area is 105 Å². The molecule has 1 unspecified atom stereocenters. The first kappa shape index (κ1) is 14.2. The quantitative estimate of drug-likeness (QED) is 0.761. The zero-order chi connectivity index (χ0) is 12.7. The van der Waals surface area contributed by atoms with E-state index in [9.17, 15) is 0 Å². The molecule has 2 heteroatoms. The largest absolute Gasteiger partial charge is 0.392 e. The first-order valence-electron chi connectivity index (χ1n) is 6.54. The van der Waals surface area contributed by atoms with Gasteiger partial charge in [-0.15, -0.1) is 0 Å². The van der Waals surface area contributed by atoms with Gasteiger partial charge in [-0.25, -0.2) is 0 Å². The van der Waals surface area contributed by atoms with E-state index in [1.807, 2.05) is 12.1 Å². The molecule has 0 saturated carbocycles. The SMILES string of the molecule is CC(C)CC(C)NCCc1ccc(CO)cc1. The van der Waals surface area contributed by atoms with Crippen LogP contribution in [0.5, 0.6) is 0 Å². The number of hydrogen-bond donors (Lipinski definition) is 2. The highest BCUT2D eigenvalue weighted by atomic mass is 16.3. The van der Waals surface area contributed by atoms with Crippen LogP contribution in [-0.2, 0) is 13.0 Å². The van der Waals surface area contributed by atoms with Crippen molar-refractivity contribution in [3.05, 3.63) is 35.4 Å². The molecule has 0 heterocycles. The fourth-order valence-corrected chi connectivity index (χ4v) is 2.06. The Hall–Kier alpha value is -0.860. The lowest BCUT2D eigenvalue weighted by atomic mass is 10.0. The summed E-state index contributed by atoms with van der Waals surface area (Å²) in [6, 6.07) is 8.77. The summed E-state index contributed by atoms with van der Waals surface area (Å²) in [6.07, 6.45) is 2.28. The minimum absolute atomic E-state index is 0.129. The van der Waals surface area contributed by atoms with Gasteiger partial charge in [-0.3, -0.25) is 0 Å². The normalized spacial score (nSPS) is 13.0. The zero-order valence-electron chi connectivity index (χ0n) is 11.2. The van der Waals surface area contributed by atoms with Crippen molar-refractivity contribution in [1.82, 2.24) is 5.32 Å². The predicted octanol–water partition coefficient (Wildman–Crippen LogP) is 2.75. The lowest BCUT2D eigenvalue weighted by Crippen LogP contribution is -2.29. The number of nitrogens with one attached hydrogen (secondary N) is 1. The average molecular weight is 235 g/mol. The summed E-state index contributed by atoms with van der Waals surface area (Å²) < 4.78 is 0. The van der Waals surface area contributed by atoms with Gasteiger partial charge in [-0.2, -0.15) is 0 Å². The van der Waals surface area contributed by atoms with E-state index in [1.54, 1.807) is 0 Å². The number of benzene rings is 1. The van der Waals surface area contributed by atoms with Gasteiger partial charge in [-0.05, 0) is 43.4 Å². The van der Waals surface area contributed by atoms with Gasteiger partial charge in [0.2, 0.25) is 0 Å². The minimum atomic E-state index is 0.129. The van der Waals surface area contributed by atoms with Crippen LogP contribution in [0, 0.1) is 5.92 Å². The maximum absolute atomic E-state index is 8.95. The van der Waals surface area contributed by atoms with Crippen LogP contribution in [0.2, 0.25) is 0 Å². The van der Waals surface area contributed by atoms with Crippen molar-refractivity contribution in [3.8, 4) is 0 Å². The molecule has 2 nitrogen and oxygen atoms in total. The number of aliphatic hydroxyl groups excluding tert-OH is 1. The second-order valence-corrected chi connectivity index (χ2v) is 5.21. The molecule has 0 saturated heterocycles. The molecule has 1 rings (SSSR count). The van der Waals surface area contributed by atoms with Crippen LogP contribution in [0.4, 0.5) is 0 Å². The molecule has 0 spiro atoms. The molecule has 0 fully saturated rings. The molecule has 0 amide bonds. The average Bonchev–Trinajstić information content (AvgIpc) is 2.29. The van der Waals surface area contributed by atoms with Crippen LogP contribution in [0.3, 0.4) is 0 Å². The van der Waals surface area contributed by atoms with Crippen molar-refractivity contribution in [2.24, 2.45) is 5.92 Å². The molecule has 0 radical (unpaired) electrons. The molecule has 1 aromatic rings. The van der Waals surface area contributed by atoms with E-state index >= 15 is 0 Å².